The Kier molecular flexibility index (Phi) is 12.5. The molecule has 2 N–H and O–H groups in total. The van der Waals surface area contributed by atoms with Gasteiger partial charge in [0.15, 0.2) is 15.8 Å². The zero-order valence-electron chi connectivity index (χ0n) is 18.6. The molecule has 172 valence electrons. The van der Waals surface area contributed by atoms with Crippen molar-refractivity contribution in [1.29, 1.82) is 0 Å². The highest BCUT2D eigenvalue weighted by molar-refractivity contribution is 14.0. The van der Waals surface area contributed by atoms with Crippen molar-refractivity contribution < 1.29 is 13.2 Å². The Hall–Kier alpha value is -1.81. The van der Waals surface area contributed by atoms with E-state index < -0.39 is 9.84 Å². The van der Waals surface area contributed by atoms with Crippen molar-refractivity contribution in [3.05, 3.63) is 59.7 Å². The van der Waals surface area contributed by atoms with E-state index in [2.05, 4.69) is 22.5 Å². The molecule has 0 fully saturated rings. The van der Waals surface area contributed by atoms with Gasteiger partial charge < -0.3 is 15.4 Å². The van der Waals surface area contributed by atoms with Gasteiger partial charge >= 0.3 is 0 Å². The maximum absolute atomic E-state index is 11.5. The highest BCUT2D eigenvalue weighted by Crippen LogP contribution is 2.12. The standard InChI is InChI=1S/C23H33N3O3S.HI/c1-4-24-23(25-16-5-6-18-29-21-11-7-19(2)8-12-21)26-17-15-20-9-13-22(14-10-20)30(3,27)28;/h7-14H,4-6,15-18H2,1-3H3,(H2,24,25,26);1H. The normalized spacial score (nSPS) is 11.5. The van der Waals surface area contributed by atoms with Crippen LogP contribution in [0.25, 0.3) is 0 Å². The summed E-state index contributed by atoms with van der Waals surface area (Å²) in [7, 11) is -3.15. The van der Waals surface area contributed by atoms with Crippen LogP contribution in [0.5, 0.6) is 5.75 Å². The molecule has 0 aliphatic rings. The third-order valence-corrected chi connectivity index (χ3v) is 5.64. The van der Waals surface area contributed by atoms with E-state index in [1.807, 2.05) is 43.3 Å². The number of aryl methyl sites for hydroxylation is 1. The highest BCUT2D eigenvalue weighted by atomic mass is 127. The van der Waals surface area contributed by atoms with Crippen LogP contribution >= 0.6 is 24.0 Å². The van der Waals surface area contributed by atoms with Gasteiger partial charge in [0.2, 0.25) is 0 Å². The van der Waals surface area contributed by atoms with Gasteiger partial charge in [0.1, 0.15) is 5.75 Å². The molecule has 0 amide bonds. The number of aliphatic imine (C=N–C) groups is 1. The Balaban J connectivity index is 0.00000480. The topological polar surface area (TPSA) is 79.8 Å². The minimum absolute atomic E-state index is 0. The van der Waals surface area contributed by atoms with Crippen molar-refractivity contribution in [3.8, 4) is 5.75 Å². The SMILES string of the molecule is CCNC(=NCCCCOc1ccc(C)cc1)NCCc1ccc(S(C)(=O)=O)cc1.I. The summed E-state index contributed by atoms with van der Waals surface area (Å²) in [6.45, 7) is 7.04. The quantitative estimate of drug-likeness (QED) is 0.189. The second kappa shape index (κ2) is 14.3. The van der Waals surface area contributed by atoms with E-state index in [4.69, 9.17) is 4.74 Å². The number of benzene rings is 2. The van der Waals surface area contributed by atoms with Gasteiger partial charge in [-0.3, -0.25) is 4.99 Å². The minimum atomic E-state index is -3.15. The fourth-order valence-corrected chi connectivity index (χ4v) is 3.43. The Bertz CT molecular complexity index is 899. The van der Waals surface area contributed by atoms with E-state index in [-0.39, 0.29) is 24.0 Å². The minimum Gasteiger partial charge on any atom is -0.494 e. The first-order chi connectivity index (χ1) is 14.4. The van der Waals surface area contributed by atoms with Crippen LogP contribution in [0.15, 0.2) is 58.4 Å². The molecule has 0 heterocycles. The number of unbranched alkanes of at least 4 members (excludes halogenated alkanes) is 1. The average molecular weight is 560 g/mol. The summed E-state index contributed by atoms with van der Waals surface area (Å²) in [6, 6.07) is 15.1. The summed E-state index contributed by atoms with van der Waals surface area (Å²) >= 11 is 0. The lowest BCUT2D eigenvalue weighted by Crippen LogP contribution is -2.38. The fourth-order valence-electron chi connectivity index (χ4n) is 2.80. The number of hydrogen-bond acceptors (Lipinski definition) is 4. The summed E-state index contributed by atoms with van der Waals surface area (Å²) in [5.74, 6) is 1.70. The van der Waals surface area contributed by atoms with Crippen LogP contribution in [-0.4, -0.2) is 46.9 Å². The van der Waals surface area contributed by atoms with E-state index in [1.54, 1.807) is 12.1 Å². The first-order valence-electron chi connectivity index (χ1n) is 10.4. The molecule has 0 unspecified atom stereocenters. The van der Waals surface area contributed by atoms with Crippen LogP contribution < -0.4 is 15.4 Å². The van der Waals surface area contributed by atoms with Crippen LogP contribution in [-0.2, 0) is 16.3 Å². The van der Waals surface area contributed by atoms with Gasteiger partial charge in [-0.2, -0.15) is 0 Å². The molecule has 0 saturated carbocycles. The Labute approximate surface area is 203 Å². The molecule has 0 aliphatic heterocycles. The van der Waals surface area contributed by atoms with Crippen molar-refractivity contribution in [3.63, 3.8) is 0 Å². The van der Waals surface area contributed by atoms with Gasteiger partial charge in [-0.1, -0.05) is 29.8 Å². The van der Waals surface area contributed by atoms with Crippen LogP contribution in [0.4, 0.5) is 0 Å². The predicted octanol–water partition coefficient (Wildman–Crippen LogP) is 3.97. The van der Waals surface area contributed by atoms with E-state index in [9.17, 15) is 8.42 Å². The first kappa shape index (κ1) is 27.2. The highest BCUT2D eigenvalue weighted by Gasteiger charge is 2.06. The van der Waals surface area contributed by atoms with E-state index >= 15 is 0 Å². The van der Waals surface area contributed by atoms with E-state index in [0.717, 1.165) is 56.2 Å². The van der Waals surface area contributed by atoms with E-state index in [1.165, 1.54) is 11.8 Å². The van der Waals surface area contributed by atoms with Crippen molar-refractivity contribution in [1.82, 2.24) is 10.6 Å². The maximum Gasteiger partial charge on any atom is 0.191 e. The smallest absolute Gasteiger partial charge is 0.191 e. The zero-order chi connectivity index (χ0) is 21.8. The van der Waals surface area contributed by atoms with Crippen molar-refractivity contribution >= 4 is 39.8 Å². The fraction of sp³-hybridized carbons (Fsp3) is 0.435. The number of guanidine groups is 1. The van der Waals surface area contributed by atoms with Gasteiger partial charge in [-0.15, -0.1) is 24.0 Å². The Morgan fingerprint density at radius 1 is 1.00 bits per heavy atom. The van der Waals surface area contributed by atoms with Crippen molar-refractivity contribution in [2.75, 3.05) is 32.5 Å². The third kappa shape index (κ3) is 10.9. The first-order valence-corrected chi connectivity index (χ1v) is 12.3. The molecule has 6 nitrogen and oxygen atoms in total. The van der Waals surface area contributed by atoms with Gasteiger partial charge in [-0.05, 0) is 62.9 Å². The van der Waals surface area contributed by atoms with Crippen molar-refractivity contribution in [2.45, 2.75) is 38.0 Å². The van der Waals surface area contributed by atoms with Crippen LogP contribution in [0.1, 0.15) is 30.9 Å². The molecule has 0 aromatic heterocycles. The van der Waals surface area contributed by atoms with Gasteiger partial charge in [0, 0.05) is 25.9 Å². The molecule has 2 aromatic rings. The molecule has 8 heteroatoms. The number of sulfone groups is 1. The van der Waals surface area contributed by atoms with Crippen LogP contribution in [0.2, 0.25) is 0 Å². The average Bonchev–Trinajstić information content (AvgIpc) is 2.71. The van der Waals surface area contributed by atoms with Crippen molar-refractivity contribution in [2.24, 2.45) is 4.99 Å². The number of rotatable bonds is 11. The molecule has 0 aliphatic carbocycles. The van der Waals surface area contributed by atoms with Crippen LogP contribution in [0, 0.1) is 6.92 Å². The lowest BCUT2D eigenvalue weighted by atomic mass is 10.1. The number of halogens is 1. The van der Waals surface area contributed by atoms with Gasteiger partial charge in [0.05, 0.1) is 11.5 Å². The van der Waals surface area contributed by atoms with E-state index in [0.29, 0.717) is 11.5 Å². The van der Waals surface area contributed by atoms with Gasteiger partial charge in [0.25, 0.3) is 0 Å². The summed E-state index contributed by atoms with van der Waals surface area (Å²) < 4.78 is 28.8. The summed E-state index contributed by atoms with van der Waals surface area (Å²) in [5, 5.41) is 6.57. The van der Waals surface area contributed by atoms with Gasteiger partial charge in [-0.25, -0.2) is 8.42 Å². The molecule has 0 radical (unpaired) electrons. The molecule has 0 saturated heterocycles. The second-order valence-corrected chi connectivity index (χ2v) is 9.24. The predicted molar refractivity (Wildman–Crippen MR) is 139 cm³/mol. The number of hydrogen-bond donors (Lipinski definition) is 2. The maximum atomic E-state index is 11.5. The molecule has 0 spiro atoms. The number of nitrogens with zero attached hydrogens (tertiary/aromatic N) is 1. The Morgan fingerprint density at radius 3 is 2.29 bits per heavy atom. The lowest BCUT2D eigenvalue weighted by Gasteiger charge is -2.11. The summed E-state index contributed by atoms with van der Waals surface area (Å²) in [4.78, 5) is 4.95. The molecule has 0 bridgehead atoms. The number of nitrogens with one attached hydrogen (secondary N) is 2. The molecular formula is C23H34IN3O3S. The second-order valence-electron chi connectivity index (χ2n) is 7.22. The molecule has 31 heavy (non-hydrogen) atoms. The largest absolute Gasteiger partial charge is 0.494 e. The summed E-state index contributed by atoms with van der Waals surface area (Å²) in [6.07, 6.45) is 3.91. The molecule has 2 aromatic carbocycles. The lowest BCUT2D eigenvalue weighted by molar-refractivity contribution is 0.308. The Morgan fingerprint density at radius 2 is 1.68 bits per heavy atom. The number of ether oxygens (including phenoxy) is 1. The molecule has 2 rings (SSSR count). The molecule has 0 atom stereocenters. The zero-order valence-corrected chi connectivity index (χ0v) is 21.7. The van der Waals surface area contributed by atoms with Crippen LogP contribution in [0.3, 0.4) is 0 Å². The molecular weight excluding hydrogens is 525 g/mol. The third-order valence-electron chi connectivity index (χ3n) is 4.51. The summed E-state index contributed by atoms with van der Waals surface area (Å²) in [5.41, 5.74) is 2.31. The monoisotopic (exact) mass is 559 g/mol.